The molecule has 2 aliphatic rings. The standard InChI is InChI=1S/C27H31N3O2/c1-21(31)30-19-23-10-11-25(18-24(23)20-30)32-17-5-12-28-13-15-29(16-14-28)27-9-4-7-22-6-2-3-8-26(22)27/h2-4,6-11,18H,5,12-17,19-20H2,1H3. The van der Waals surface area contributed by atoms with Crippen LogP contribution in [0.1, 0.15) is 24.5 Å². The number of anilines is 1. The number of ether oxygens (including phenoxy) is 1. The number of fused-ring (bicyclic) bond motifs is 2. The van der Waals surface area contributed by atoms with Crippen LogP contribution in [0.4, 0.5) is 5.69 Å². The van der Waals surface area contributed by atoms with Crippen LogP contribution in [-0.2, 0) is 17.9 Å². The Bertz CT molecular complexity index is 1100. The molecule has 5 heteroatoms. The van der Waals surface area contributed by atoms with Crippen LogP contribution in [0.5, 0.6) is 5.75 Å². The third-order valence-corrected chi connectivity index (χ3v) is 6.71. The Kier molecular flexibility index (Phi) is 5.99. The summed E-state index contributed by atoms with van der Waals surface area (Å²) in [6.45, 7) is 9.12. The van der Waals surface area contributed by atoms with Gasteiger partial charge < -0.3 is 14.5 Å². The molecule has 3 aromatic carbocycles. The van der Waals surface area contributed by atoms with E-state index in [1.54, 1.807) is 6.92 Å². The van der Waals surface area contributed by atoms with Gasteiger partial charge >= 0.3 is 0 Å². The topological polar surface area (TPSA) is 36.0 Å². The van der Waals surface area contributed by atoms with Gasteiger partial charge in [0.1, 0.15) is 5.75 Å². The van der Waals surface area contributed by atoms with Crippen molar-refractivity contribution in [1.29, 1.82) is 0 Å². The van der Waals surface area contributed by atoms with Crippen LogP contribution in [0.25, 0.3) is 10.8 Å². The van der Waals surface area contributed by atoms with E-state index in [0.29, 0.717) is 6.54 Å². The summed E-state index contributed by atoms with van der Waals surface area (Å²) in [5, 5.41) is 2.66. The lowest BCUT2D eigenvalue weighted by molar-refractivity contribution is -0.129. The zero-order valence-corrected chi connectivity index (χ0v) is 18.8. The van der Waals surface area contributed by atoms with E-state index >= 15 is 0 Å². The van der Waals surface area contributed by atoms with E-state index in [-0.39, 0.29) is 5.91 Å². The molecule has 0 spiro atoms. The molecule has 0 radical (unpaired) electrons. The average molecular weight is 430 g/mol. The van der Waals surface area contributed by atoms with Gasteiger partial charge in [0.2, 0.25) is 5.91 Å². The van der Waals surface area contributed by atoms with Crippen LogP contribution in [0.15, 0.2) is 60.7 Å². The van der Waals surface area contributed by atoms with Gasteiger partial charge in [-0.3, -0.25) is 9.69 Å². The lowest BCUT2D eigenvalue weighted by atomic mass is 10.1. The highest BCUT2D eigenvalue weighted by molar-refractivity contribution is 5.94. The molecular formula is C27H31N3O2. The summed E-state index contributed by atoms with van der Waals surface area (Å²) in [7, 11) is 0. The summed E-state index contributed by atoms with van der Waals surface area (Å²) < 4.78 is 6.02. The number of amides is 1. The fraction of sp³-hybridized carbons (Fsp3) is 0.370. The van der Waals surface area contributed by atoms with Crippen molar-refractivity contribution in [3.8, 4) is 5.75 Å². The first-order chi connectivity index (χ1) is 15.7. The molecule has 0 saturated carbocycles. The maximum absolute atomic E-state index is 11.6. The van der Waals surface area contributed by atoms with E-state index in [4.69, 9.17) is 4.74 Å². The number of piperazine rings is 1. The lowest BCUT2D eigenvalue weighted by Crippen LogP contribution is -2.46. The van der Waals surface area contributed by atoms with Gasteiger partial charge in [-0.25, -0.2) is 0 Å². The number of hydrogen-bond donors (Lipinski definition) is 0. The molecule has 1 saturated heterocycles. The third kappa shape index (κ3) is 4.44. The van der Waals surface area contributed by atoms with Gasteiger partial charge in [0, 0.05) is 63.8 Å². The van der Waals surface area contributed by atoms with Gasteiger partial charge in [0.05, 0.1) is 6.61 Å². The number of rotatable bonds is 6. The highest BCUT2D eigenvalue weighted by atomic mass is 16.5. The number of carbonyl (C=O) groups excluding carboxylic acids is 1. The predicted octanol–water partition coefficient (Wildman–Crippen LogP) is 4.29. The highest BCUT2D eigenvalue weighted by Gasteiger charge is 2.21. The molecule has 0 unspecified atom stereocenters. The third-order valence-electron chi connectivity index (χ3n) is 6.71. The van der Waals surface area contributed by atoms with Crippen LogP contribution in [0.3, 0.4) is 0 Å². The number of benzene rings is 3. The van der Waals surface area contributed by atoms with Gasteiger partial charge in [-0.15, -0.1) is 0 Å². The highest BCUT2D eigenvalue weighted by Crippen LogP contribution is 2.28. The predicted molar refractivity (Wildman–Crippen MR) is 129 cm³/mol. The van der Waals surface area contributed by atoms with Crippen molar-refractivity contribution in [3.05, 3.63) is 71.8 Å². The average Bonchev–Trinajstić information content (AvgIpc) is 3.26. The smallest absolute Gasteiger partial charge is 0.220 e. The zero-order valence-electron chi connectivity index (χ0n) is 18.8. The van der Waals surface area contributed by atoms with Crippen LogP contribution in [0, 0.1) is 0 Å². The van der Waals surface area contributed by atoms with E-state index in [0.717, 1.165) is 58.0 Å². The van der Waals surface area contributed by atoms with E-state index in [1.807, 2.05) is 11.0 Å². The van der Waals surface area contributed by atoms with Gasteiger partial charge in [-0.2, -0.15) is 0 Å². The van der Waals surface area contributed by atoms with Crippen molar-refractivity contribution in [2.45, 2.75) is 26.4 Å². The first-order valence-corrected chi connectivity index (χ1v) is 11.6. The Morgan fingerprint density at radius 1 is 0.906 bits per heavy atom. The summed E-state index contributed by atoms with van der Waals surface area (Å²) in [5.74, 6) is 1.04. The molecule has 166 valence electrons. The van der Waals surface area contributed by atoms with Crippen molar-refractivity contribution in [2.24, 2.45) is 0 Å². The minimum absolute atomic E-state index is 0.129. The van der Waals surface area contributed by atoms with Crippen molar-refractivity contribution in [3.63, 3.8) is 0 Å². The SMILES string of the molecule is CC(=O)N1Cc2ccc(OCCCN3CCN(c4cccc5ccccc45)CC3)cc2C1. The quantitative estimate of drug-likeness (QED) is 0.548. The number of hydrogen-bond acceptors (Lipinski definition) is 4. The largest absolute Gasteiger partial charge is 0.494 e. The van der Waals surface area contributed by atoms with Crippen LogP contribution in [0.2, 0.25) is 0 Å². The molecule has 3 aromatic rings. The van der Waals surface area contributed by atoms with Crippen molar-refractivity contribution >= 4 is 22.4 Å². The summed E-state index contributed by atoms with van der Waals surface area (Å²) in [5.41, 5.74) is 3.80. The summed E-state index contributed by atoms with van der Waals surface area (Å²) in [6.07, 6.45) is 1.02. The Hall–Kier alpha value is -3.05. The maximum atomic E-state index is 11.6. The fourth-order valence-corrected chi connectivity index (χ4v) is 4.86. The molecule has 1 amide bonds. The van der Waals surface area contributed by atoms with Gasteiger partial charge in [-0.1, -0.05) is 42.5 Å². The lowest BCUT2D eigenvalue weighted by Gasteiger charge is -2.36. The molecular weight excluding hydrogens is 398 g/mol. The second-order valence-corrected chi connectivity index (χ2v) is 8.83. The maximum Gasteiger partial charge on any atom is 0.220 e. The Morgan fingerprint density at radius 2 is 1.69 bits per heavy atom. The normalized spacial score (nSPS) is 16.4. The molecule has 0 aromatic heterocycles. The van der Waals surface area contributed by atoms with Crippen LogP contribution in [-0.4, -0.2) is 55.0 Å². The monoisotopic (exact) mass is 429 g/mol. The first-order valence-electron chi connectivity index (χ1n) is 11.6. The second-order valence-electron chi connectivity index (χ2n) is 8.83. The van der Waals surface area contributed by atoms with E-state index < -0.39 is 0 Å². The first kappa shape index (κ1) is 20.8. The molecule has 1 fully saturated rings. The van der Waals surface area contributed by atoms with Crippen LogP contribution >= 0.6 is 0 Å². The van der Waals surface area contributed by atoms with E-state index in [2.05, 4.69) is 64.4 Å². The molecule has 2 heterocycles. The molecule has 0 aliphatic carbocycles. The molecule has 0 bridgehead atoms. The van der Waals surface area contributed by atoms with E-state index in [1.165, 1.54) is 27.6 Å². The second kappa shape index (κ2) is 9.21. The number of nitrogens with zero attached hydrogens (tertiary/aromatic N) is 3. The summed E-state index contributed by atoms with van der Waals surface area (Å²) >= 11 is 0. The molecule has 2 aliphatic heterocycles. The Labute approximate surface area is 190 Å². The molecule has 32 heavy (non-hydrogen) atoms. The van der Waals surface area contributed by atoms with Crippen molar-refractivity contribution in [2.75, 3.05) is 44.2 Å². The van der Waals surface area contributed by atoms with E-state index in [9.17, 15) is 4.79 Å². The molecule has 0 atom stereocenters. The van der Waals surface area contributed by atoms with Gasteiger partial charge in [0.15, 0.2) is 0 Å². The molecule has 0 N–H and O–H groups in total. The Morgan fingerprint density at radius 3 is 2.53 bits per heavy atom. The van der Waals surface area contributed by atoms with Gasteiger partial charge in [-0.05, 0) is 41.1 Å². The fourth-order valence-electron chi connectivity index (χ4n) is 4.86. The minimum Gasteiger partial charge on any atom is -0.494 e. The van der Waals surface area contributed by atoms with Gasteiger partial charge in [0.25, 0.3) is 0 Å². The minimum atomic E-state index is 0.129. The molecule has 5 nitrogen and oxygen atoms in total. The Balaban J connectivity index is 1.07. The molecule has 5 rings (SSSR count). The van der Waals surface area contributed by atoms with Crippen molar-refractivity contribution < 1.29 is 9.53 Å². The van der Waals surface area contributed by atoms with Crippen LogP contribution < -0.4 is 9.64 Å². The zero-order chi connectivity index (χ0) is 21.9. The number of carbonyl (C=O) groups is 1. The van der Waals surface area contributed by atoms with Crippen molar-refractivity contribution in [1.82, 2.24) is 9.80 Å². The summed E-state index contributed by atoms with van der Waals surface area (Å²) in [4.78, 5) is 18.5. The summed E-state index contributed by atoms with van der Waals surface area (Å²) in [6, 6.07) is 21.5.